The van der Waals surface area contributed by atoms with Gasteiger partial charge in [-0.3, -0.25) is 4.90 Å². The van der Waals surface area contributed by atoms with Gasteiger partial charge in [0.2, 0.25) is 11.3 Å². The van der Waals surface area contributed by atoms with Crippen LogP contribution in [0.3, 0.4) is 0 Å². The lowest BCUT2D eigenvalue weighted by Gasteiger charge is -2.17. The van der Waals surface area contributed by atoms with Crippen molar-refractivity contribution >= 4 is 20.4 Å². The van der Waals surface area contributed by atoms with E-state index in [0.717, 1.165) is 19.6 Å². The summed E-state index contributed by atoms with van der Waals surface area (Å²) in [5.41, 5.74) is 0. The lowest BCUT2D eigenvalue weighted by atomic mass is 10.5. The van der Waals surface area contributed by atoms with Gasteiger partial charge >= 0.3 is 7.80 Å². The van der Waals surface area contributed by atoms with Crippen molar-refractivity contribution in [3.05, 3.63) is 0 Å². The summed E-state index contributed by atoms with van der Waals surface area (Å²) >= 11 is 4.34. The Morgan fingerprint density at radius 3 is 2.36 bits per heavy atom. The molecule has 84 valence electrons. The Labute approximate surface area is 93.4 Å². The SMILES string of the molecule is CCOC[P+](=O)C(S)CN(CC)CC. The molecule has 0 fully saturated rings. The molecule has 0 radical (unpaired) electrons. The van der Waals surface area contributed by atoms with E-state index in [9.17, 15) is 4.57 Å². The van der Waals surface area contributed by atoms with Crippen molar-refractivity contribution in [2.45, 2.75) is 25.8 Å². The molecule has 0 spiro atoms. The first-order valence-electron chi connectivity index (χ1n) is 5.07. The van der Waals surface area contributed by atoms with Crippen molar-refractivity contribution in [1.82, 2.24) is 4.90 Å². The highest BCUT2D eigenvalue weighted by Gasteiger charge is 2.27. The van der Waals surface area contributed by atoms with Gasteiger partial charge in [0, 0.05) is 6.61 Å². The van der Waals surface area contributed by atoms with E-state index in [-0.39, 0.29) is 4.99 Å². The van der Waals surface area contributed by atoms with E-state index in [0.29, 0.717) is 13.0 Å². The number of hydrogen-bond acceptors (Lipinski definition) is 4. The van der Waals surface area contributed by atoms with Crippen LogP contribution in [-0.2, 0) is 9.30 Å². The summed E-state index contributed by atoms with van der Waals surface area (Å²) in [5, 5.41) is 0. The third-order valence-corrected chi connectivity index (χ3v) is 4.27. The molecule has 0 amide bonds. The van der Waals surface area contributed by atoms with Crippen LogP contribution in [-0.4, -0.2) is 42.5 Å². The lowest BCUT2D eigenvalue weighted by molar-refractivity contribution is 0.192. The second kappa shape index (κ2) is 8.66. The minimum Gasteiger partial charge on any atom is -0.338 e. The Balaban J connectivity index is 3.81. The Bertz CT molecular complexity index is 165. The van der Waals surface area contributed by atoms with Crippen LogP contribution in [0, 0.1) is 0 Å². The molecule has 0 aromatic carbocycles. The van der Waals surface area contributed by atoms with Crippen molar-refractivity contribution in [2.24, 2.45) is 0 Å². The molecule has 0 rings (SSSR count). The third kappa shape index (κ3) is 5.97. The molecule has 0 aromatic heterocycles. The first kappa shape index (κ1) is 14.4. The van der Waals surface area contributed by atoms with E-state index < -0.39 is 7.80 Å². The minimum absolute atomic E-state index is 0.0727. The van der Waals surface area contributed by atoms with Gasteiger partial charge in [0.1, 0.15) is 0 Å². The summed E-state index contributed by atoms with van der Waals surface area (Å²) in [4.78, 5) is 2.15. The van der Waals surface area contributed by atoms with Gasteiger partial charge in [-0.25, -0.2) is 0 Å². The zero-order valence-corrected chi connectivity index (χ0v) is 11.1. The van der Waals surface area contributed by atoms with Crippen molar-refractivity contribution in [3.63, 3.8) is 0 Å². The quantitative estimate of drug-likeness (QED) is 0.520. The lowest BCUT2D eigenvalue weighted by Crippen LogP contribution is -2.28. The Hall–Kier alpha value is 0.370. The summed E-state index contributed by atoms with van der Waals surface area (Å²) in [7, 11) is -1.34. The Morgan fingerprint density at radius 2 is 1.93 bits per heavy atom. The van der Waals surface area contributed by atoms with Gasteiger partial charge in [-0.05, 0) is 20.0 Å². The molecule has 0 aromatic rings. The van der Waals surface area contributed by atoms with Gasteiger partial charge in [-0.15, -0.1) is 12.6 Å². The topological polar surface area (TPSA) is 29.5 Å². The van der Waals surface area contributed by atoms with E-state index in [1.807, 2.05) is 6.92 Å². The molecule has 2 atom stereocenters. The van der Waals surface area contributed by atoms with Crippen LogP contribution in [0.25, 0.3) is 0 Å². The predicted octanol–water partition coefficient (Wildman–Crippen LogP) is 2.41. The fraction of sp³-hybridized carbons (Fsp3) is 1.00. The molecule has 2 unspecified atom stereocenters. The van der Waals surface area contributed by atoms with Crippen molar-refractivity contribution < 1.29 is 9.30 Å². The average Bonchev–Trinajstić information content (AvgIpc) is 2.21. The first-order chi connectivity index (χ1) is 6.65. The zero-order chi connectivity index (χ0) is 11.0. The molecule has 0 bridgehead atoms. The highest BCUT2D eigenvalue weighted by molar-refractivity contribution is 7.88. The van der Waals surface area contributed by atoms with Gasteiger partial charge in [-0.2, -0.15) is 0 Å². The molecule has 0 aliphatic heterocycles. The third-order valence-electron chi connectivity index (χ3n) is 2.07. The van der Waals surface area contributed by atoms with Crippen LogP contribution in [0.15, 0.2) is 0 Å². The fourth-order valence-corrected chi connectivity index (χ4v) is 2.45. The Kier molecular flexibility index (Phi) is 8.89. The van der Waals surface area contributed by atoms with Crippen molar-refractivity contribution in [1.29, 1.82) is 0 Å². The molecule has 0 saturated heterocycles. The highest BCUT2D eigenvalue weighted by atomic mass is 32.1. The van der Waals surface area contributed by atoms with E-state index in [2.05, 4.69) is 31.4 Å². The van der Waals surface area contributed by atoms with Crippen LogP contribution in [0.4, 0.5) is 0 Å². The fourth-order valence-electron chi connectivity index (χ4n) is 1.07. The van der Waals surface area contributed by atoms with Gasteiger partial charge < -0.3 is 4.74 Å². The maximum absolute atomic E-state index is 11.6. The van der Waals surface area contributed by atoms with Crippen LogP contribution < -0.4 is 0 Å². The second-order valence-corrected chi connectivity index (χ2v) is 5.75. The maximum Gasteiger partial charge on any atom is 0.381 e. The van der Waals surface area contributed by atoms with Crippen LogP contribution in [0.5, 0.6) is 0 Å². The van der Waals surface area contributed by atoms with Crippen LogP contribution in [0.1, 0.15) is 20.8 Å². The van der Waals surface area contributed by atoms with Crippen molar-refractivity contribution in [3.8, 4) is 0 Å². The van der Waals surface area contributed by atoms with Gasteiger partial charge in [0.15, 0.2) is 0 Å². The van der Waals surface area contributed by atoms with Gasteiger partial charge in [0.05, 0.1) is 6.54 Å². The number of thiol groups is 1. The number of rotatable bonds is 8. The summed E-state index contributed by atoms with van der Waals surface area (Å²) < 4.78 is 16.7. The predicted molar refractivity (Wildman–Crippen MR) is 64.7 cm³/mol. The number of nitrogens with zero attached hydrogens (tertiary/aromatic N) is 1. The molecule has 5 heteroatoms. The number of ether oxygens (including phenoxy) is 1. The molecule has 0 heterocycles. The molecule has 14 heavy (non-hydrogen) atoms. The molecule has 0 aliphatic rings. The van der Waals surface area contributed by atoms with Crippen molar-refractivity contribution in [2.75, 3.05) is 32.6 Å². The summed E-state index contributed by atoms with van der Waals surface area (Å²) in [6.07, 6.45) is 0.335. The monoisotopic (exact) mass is 238 g/mol. The van der Waals surface area contributed by atoms with E-state index in [1.165, 1.54) is 0 Å². The van der Waals surface area contributed by atoms with E-state index >= 15 is 0 Å². The largest absolute Gasteiger partial charge is 0.381 e. The van der Waals surface area contributed by atoms with Gasteiger partial charge in [-0.1, -0.05) is 18.4 Å². The Morgan fingerprint density at radius 1 is 1.36 bits per heavy atom. The average molecular weight is 238 g/mol. The summed E-state index contributed by atoms with van der Waals surface area (Å²) in [6, 6.07) is 0. The maximum atomic E-state index is 11.6. The van der Waals surface area contributed by atoms with Crippen LogP contribution in [0.2, 0.25) is 0 Å². The smallest absolute Gasteiger partial charge is 0.338 e. The summed E-state index contributed by atoms with van der Waals surface area (Å²) in [5.74, 6) is 0. The molecule has 0 N–H and O–H groups in total. The van der Waals surface area contributed by atoms with Crippen LogP contribution >= 0.6 is 20.4 Å². The molecular formula is C9H21NO2PS+. The second-order valence-electron chi connectivity index (χ2n) is 3.01. The molecule has 0 aliphatic carbocycles. The highest BCUT2D eigenvalue weighted by Crippen LogP contribution is 2.31. The van der Waals surface area contributed by atoms with E-state index in [1.54, 1.807) is 0 Å². The molecule has 3 nitrogen and oxygen atoms in total. The van der Waals surface area contributed by atoms with E-state index in [4.69, 9.17) is 4.74 Å². The standard InChI is InChI=1S/C9H20NO2PS/c1-4-10(5-2)7-9(14)13(11)8-12-6-3/h9H,4-8H2,1-3H3/p+1. The minimum atomic E-state index is -1.34. The molecule has 0 saturated carbocycles. The normalized spacial score (nSPS) is 14.5. The summed E-state index contributed by atoms with van der Waals surface area (Å²) in [6.45, 7) is 9.45. The zero-order valence-electron chi connectivity index (χ0n) is 9.27. The molecular weight excluding hydrogens is 217 g/mol. The first-order valence-corrected chi connectivity index (χ1v) is 7.10. The number of hydrogen-bond donors (Lipinski definition) is 1. The van der Waals surface area contributed by atoms with Gasteiger partial charge in [0.25, 0.3) is 0 Å².